The fraction of sp³-hybridized carbons (Fsp3) is 0.308. The maximum atomic E-state index is 10.6. The number of nitrogens with one attached hydrogen (secondary N) is 1. The Hall–Kier alpha value is -2.01. The lowest BCUT2D eigenvalue weighted by Gasteiger charge is -2.06. The lowest BCUT2D eigenvalue weighted by Crippen LogP contribution is -2.23. The average molecular weight is 247 g/mol. The maximum Gasteiger partial charge on any atom is 0.270 e. The minimum absolute atomic E-state index is 0.0239. The van der Waals surface area contributed by atoms with Crippen LogP contribution in [0.1, 0.15) is 12.5 Å². The zero-order chi connectivity index (χ0) is 13.4. The number of likely N-dealkylation sites (N-methyl/N-ethyl adjacent to an activating group) is 1. The minimum atomic E-state index is -0.416. The van der Waals surface area contributed by atoms with Crippen LogP contribution in [0.15, 0.2) is 41.9 Å². The summed E-state index contributed by atoms with van der Waals surface area (Å²) in [6.45, 7) is 7.31. The van der Waals surface area contributed by atoms with E-state index in [0.717, 1.165) is 6.54 Å². The van der Waals surface area contributed by atoms with Gasteiger partial charge in [-0.2, -0.15) is 0 Å². The average Bonchev–Trinajstić information content (AvgIpc) is 2.39. The van der Waals surface area contributed by atoms with E-state index < -0.39 is 4.92 Å². The quantitative estimate of drug-likeness (QED) is 0.347. The number of benzene rings is 1. The third-order valence-electron chi connectivity index (χ3n) is 2.37. The SMILES string of the molecule is C=C[C@H](CNCC)N=Cc1cccc([N+](=O)[O-])c1. The van der Waals surface area contributed by atoms with Crippen molar-refractivity contribution >= 4 is 11.9 Å². The van der Waals surface area contributed by atoms with E-state index in [1.807, 2.05) is 6.92 Å². The first-order valence-electron chi connectivity index (χ1n) is 5.78. The predicted molar refractivity (Wildman–Crippen MR) is 73.2 cm³/mol. The van der Waals surface area contributed by atoms with E-state index in [1.54, 1.807) is 24.4 Å². The molecular formula is C13H17N3O2. The molecule has 0 saturated carbocycles. The Bertz CT molecular complexity index is 444. The van der Waals surface area contributed by atoms with Crippen LogP contribution in [0.4, 0.5) is 5.69 Å². The third kappa shape index (κ3) is 4.47. The van der Waals surface area contributed by atoms with Gasteiger partial charge in [-0.05, 0) is 12.1 Å². The van der Waals surface area contributed by atoms with Crippen LogP contribution in [0.5, 0.6) is 0 Å². The summed E-state index contributed by atoms with van der Waals surface area (Å²) < 4.78 is 0. The fourth-order valence-electron chi connectivity index (χ4n) is 1.39. The first-order valence-corrected chi connectivity index (χ1v) is 5.78. The van der Waals surface area contributed by atoms with Crippen LogP contribution in [-0.2, 0) is 0 Å². The molecular weight excluding hydrogens is 230 g/mol. The van der Waals surface area contributed by atoms with Gasteiger partial charge in [0.05, 0.1) is 11.0 Å². The zero-order valence-electron chi connectivity index (χ0n) is 10.4. The Morgan fingerprint density at radius 2 is 2.39 bits per heavy atom. The molecule has 0 unspecified atom stereocenters. The molecule has 1 aromatic rings. The van der Waals surface area contributed by atoms with E-state index in [1.165, 1.54) is 12.1 Å². The van der Waals surface area contributed by atoms with Crippen molar-refractivity contribution in [3.05, 3.63) is 52.6 Å². The molecule has 0 aliphatic heterocycles. The molecule has 0 aromatic heterocycles. The molecule has 0 spiro atoms. The number of aliphatic imine (C=N–C) groups is 1. The molecule has 0 amide bonds. The van der Waals surface area contributed by atoms with Crippen LogP contribution in [0.2, 0.25) is 0 Å². The monoisotopic (exact) mass is 247 g/mol. The summed E-state index contributed by atoms with van der Waals surface area (Å²) in [5.74, 6) is 0. The number of rotatable bonds is 7. The smallest absolute Gasteiger partial charge is 0.270 e. The van der Waals surface area contributed by atoms with E-state index in [-0.39, 0.29) is 11.7 Å². The molecule has 0 aliphatic rings. The molecule has 0 heterocycles. The van der Waals surface area contributed by atoms with E-state index >= 15 is 0 Å². The Morgan fingerprint density at radius 3 is 3.00 bits per heavy atom. The second-order valence-corrected chi connectivity index (χ2v) is 3.74. The highest BCUT2D eigenvalue weighted by molar-refractivity contribution is 5.80. The van der Waals surface area contributed by atoms with E-state index in [2.05, 4.69) is 16.9 Å². The van der Waals surface area contributed by atoms with Crippen molar-refractivity contribution in [2.45, 2.75) is 13.0 Å². The van der Waals surface area contributed by atoms with Crippen molar-refractivity contribution in [2.24, 2.45) is 4.99 Å². The summed E-state index contributed by atoms with van der Waals surface area (Å²) in [5, 5.41) is 13.8. The maximum absolute atomic E-state index is 10.6. The first kappa shape index (κ1) is 14.1. The van der Waals surface area contributed by atoms with Crippen LogP contribution in [0.25, 0.3) is 0 Å². The minimum Gasteiger partial charge on any atom is -0.315 e. The number of hydrogen-bond donors (Lipinski definition) is 1. The van der Waals surface area contributed by atoms with E-state index in [0.29, 0.717) is 12.1 Å². The molecule has 5 nitrogen and oxygen atoms in total. The van der Waals surface area contributed by atoms with Gasteiger partial charge in [0.25, 0.3) is 5.69 Å². The van der Waals surface area contributed by atoms with Gasteiger partial charge in [-0.1, -0.05) is 25.1 Å². The molecule has 1 rings (SSSR count). The number of nitro benzene ring substituents is 1. The summed E-state index contributed by atoms with van der Waals surface area (Å²) in [5.41, 5.74) is 0.785. The van der Waals surface area contributed by atoms with Crippen molar-refractivity contribution < 1.29 is 4.92 Å². The number of non-ortho nitro benzene ring substituents is 1. The highest BCUT2D eigenvalue weighted by Crippen LogP contribution is 2.11. The number of nitrogens with zero attached hydrogens (tertiary/aromatic N) is 2. The standard InChI is InChI=1S/C13H17N3O2/c1-3-12(10-14-4-2)15-9-11-6-5-7-13(8-11)16(17)18/h3,5-9,12,14H,1,4,10H2,2H3/t12-/m1/s1. The Labute approximate surface area is 106 Å². The second kappa shape index (κ2) is 7.34. The van der Waals surface area contributed by atoms with Crippen LogP contribution < -0.4 is 5.32 Å². The van der Waals surface area contributed by atoms with Gasteiger partial charge in [0, 0.05) is 24.9 Å². The van der Waals surface area contributed by atoms with Crippen molar-refractivity contribution in [3.8, 4) is 0 Å². The normalized spacial score (nSPS) is 12.5. The molecule has 1 N–H and O–H groups in total. The highest BCUT2D eigenvalue weighted by atomic mass is 16.6. The third-order valence-corrected chi connectivity index (χ3v) is 2.37. The second-order valence-electron chi connectivity index (χ2n) is 3.74. The summed E-state index contributed by atoms with van der Waals surface area (Å²) in [7, 11) is 0. The van der Waals surface area contributed by atoms with Crippen molar-refractivity contribution in [2.75, 3.05) is 13.1 Å². The van der Waals surface area contributed by atoms with Gasteiger partial charge in [-0.15, -0.1) is 6.58 Å². The molecule has 0 saturated heterocycles. The molecule has 1 atom stereocenters. The molecule has 0 bridgehead atoms. The van der Waals surface area contributed by atoms with Crippen LogP contribution in [-0.4, -0.2) is 30.3 Å². The van der Waals surface area contributed by atoms with Crippen LogP contribution in [0, 0.1) is 10.1 Å². The van der Waals surface area contributed by atoms with Gasteiger partial charge >= 0.3 is 0 Å². The van der Waals surface area contributed by atoms with Gasteiger partial charge in [-0.3, -0.25) is 15.1 Å². The Morgan fingerprint density at radius 1 is 1.61 bits per heavy atom. The van der Waals surface area contributed by atoms with Gasteiger partial charge in [0.1, 0.15) is 0 Å². The largest absolute Gasteiger partial charge is 0.315 e. The number of hydrogen-bond acceptors (Lipinski definition) is 4. The van der Waals surface area contributed by atoms with Crippen molar-refractivity contribution in [1.29, 1.82) is 0 Å². The Balaban J connectivity index is 2.73. The van der Waals surface area contributed by atoms with E-state index in [4.69, 9.17) is 0 Å². The summed E-state index contributed by atoms with van der Waals surface area (Å²) >= 11 is 0. The zero-order valence-corrected chi connectivity index (χ0v) is 10.4. The molecule has 18 heavy (non-hydrogen) atoms. The molecule has 0 aliphatic carbocycles. The lowest BCUT2D eigenvalue weighted by atomic mass is 10.2. The van der Waals surface area contributed by atoms with Gasteiger partial charge in [0.2, 0.25) is 0 Å². The summed E-state index contributed by atoms with van der Waals surface area (Å²) in [6.07, 6.45) is 3.38. The number of nitro groups is 1. The Kier molecular flexibility index (Phi) is 5.73. The van der Waals surface area contributed by atoms with Crippen LogP contribution >= 0.6 is 0 Å². The summed E-state index contributed by atoms with van der Waals surface area (Å²) in [4.78, 5) is 14.5. The molecule has 5 heteroatoms. The predicted octanol–water partition coefficient (Wildman–Crippen LogP) is 2.18. The van der Waals surface area contributed by atoms with Crippen molar-refractivity contribution in [3.63, 3.8) is 0 Å². The van der Waals surface area contributed by atoms with Gasteiger partial charge in [0.15, 0.2) is 0 Å². The molecule has 0 radical (unpaired) electrons. The molecule has 0 fully saturated rings. The lowest BCUT2D eigenvalue weighted by molar-refractivity contribution is -0.384. The molecule has 96 valence electrons. The topological polar surface area (TPSA) is 67.5 Å². The summed E-state index contributed by atoms with van der Waals surface area (Å²) in [6, 6.07) is 6.36. The molecule has 1 aromatic carbocycles. The van der Waals surface area contributed by atoms with Crippen molar-refractivity contribution in [1.82, 2.24) is 5.32 Å². The van der Waals surface area contributed by atoms with Gasteiger partial charge in [-0.25, -0.2) is 0 Å². The van der Waals surface area contributed by atoms with E-state index in [9.17, 15) is 10.1 Å². The van der Waals surface area contributed by atoms with Crippen LogP contribution in [0.3, 0.4) is 0 Å². The van der Waals surface area contributed by atoms with Gasteiger partial charge < -0.3 is 5.32 Å². The highest BCUT2D eigenvalue weighted by Gasteiger charge is 2.04. The first-order chi connectivity index (χ1) is 8.67. The fourth-order valence-corrected chi connectivity index (χ4v) is 1.39.